The van der Waals surface area contributed by atoms with E-state index < -0.39 is 4.92 Å². The van der Waals surface area contributed by atoms with Crippen LogP contribution in [-0.2, 0) is 9.47 Å². The van der Waals surface area contributed by atoms with Crippen molar-refractivity contribution in [1.29, 1.82) is 0 Å². The maximum absolute atomic E-state index is 10.6. The molecule has 1 aromatic rings. The Balaban J connectivity index is 2.79. The Labute approximate surface area is 110 Å². The van der Waals surface area contributed by atoms with Crippen LogP contribution in [0.5, 0.6) is 5.75 Å². The average molecular weight is 276 g/mol. The number of nitro groups is 1. The molecule has 6 nitrogen and oxygen atoms in total. The van der Waals surface area contributed by atoms with E-state index in [2.05, 4.69) is 0 Å². The minimum atomic E-state index is -0.516. The Morgan fingerprint density at radius 2 is 1.94 bits per heavy atom. The Morgan fingerprint density at radius 3 is 2.39 bits per heavy atom. The van der Waals surface area contributed by atoms with Crippen molar-refractivity contribution < 1.29 is 19.1 Å². The molecular weight excluding hydrogens is 262 g/mol. The number of halogens is 1. The van der Waals surface area contributed by atoms with Crippen LogP contribution in [0.1, 0.15) is 0 Å². The predicted octanol–water partition coefficient (Wildman–Crippen LogP) is 2.29. The Hall–Kier alpha value is -1.37. The fourth-order valence-electron chi connectivity index (χ4n) is 1.37. The van der Waals surface area contributed by atoms with E-state index in [-0.39, 0.29) is 16.8 Å². The van der Waals surface area contributed by atoms with Gasteiger partial charge in [0, 0.05) is 26.4 Å². The van der Waals surface area contributed by atoms with Gasteiger partial charge in [-0.15, -0.1) is 0 Å². The third kappa shape index (κ3) is 4.14. The highest BCUT2D eigenvalue weighted by molar-refractivity contribution is 6.32. The summed E-state index contributed by atoms with van der Waals surface area (Å²) >= 11 is 5.91. The van der Waals surface area contributed by atoms with Crippen LogP contribution >= 0.6 is 11.6 Å². The molecule has 7 heteroatoms. The zero-order chi connectivity index (χ0) is 13.5. The number of hydrogen-bond acceptors (Lipinski definition) is 5. The summed E-state index contributed by atoms with van der Waals surface area (Å²) < 4.78 is 15.5. The van der Waals surface area contributed by atoms with Gasteiger partial charge in [-0.2, -0.15) is 0 Å². The third-order valence-corrected chi connectivity index (χ3v) is 2.42. The first kappa shape index (κ1) is 14.7. The van der Waals surface area contributed by atoms with Crippen LogP contribution in [0.3, 0.4) is 0 Å². The molecule has 0 aliphatic rings. The van der Waals surface area contributed by atoms with Crippen LogP contribution < -0.4 is 4.74 Å². The molecule has 0 spiro atoms. The van der Waals surface area contributed by atoms with E-state index in [9.17, 15) is 10.1 Å². The third-order valence-electron chi connectivity index (χ3n) is 2.13. The monoisotopic (exact) mass is 275 g/mol. The number of benzene rings is 1. The van der Waals surface area contributed by atoms with Crippen LogP contribution in [0.2, 0.25) is 5.02 Å². The minimum absolute atomic E-state index is 0.0811. The van der Waals surface area contributed by atoms with Gasteiger partial charge in [-0.25, -0.2) is 0 Å². The summed E-state index contributed by atoms with van der Waals surface area (Å²) in [6, 6.07) is 4.03. The van der Waals surface area contributed by atoms with E-state index in [0.29, 0.717) is 19.0 Å². The standard InChI is InChI=1S/C11H14ClNO5/c1-16-6-9(7-17-2)18-11-4-3-8(13(14)15)5-10(11)12/h3-5,9H,6-7H2,1-2H3. The van der Waals surface area contributed by atoms with Gasteiger partial charge in [0.25, 0.3) is 5.69 Å². The van der Waals surface area contributed by atoms with Gasteiger partial charge in [-0.1, -0.05) is 11.6 Å². The zero-order valence-electron chi connectivity index (χ0n) is 10.1. The van der Waals surface area contributed by atoms with Crippen molar-refractivity contribution in [2.75, 3.05) is 27.4 Å². The van der Waals surface area contributed by atoms with E-state index in [1.165, 1.54) is 18.2 Å². The van der Waals surface area contributed by atoms with Crippen LogP contribution in [0.15, 0.2) is 18.2 Å². The maximum atomic E-state index is 10.6. The largest absolute Gasteiger partial charge is 0.484 e. The molecule has 0 fully saturated rings. The lowest BCUT2D eigenvalue weighted by Gasteiger charge is -2.18. The molecule has 0 unspecified atom stereocenters. The predicted molar refractivity (Wildman–Crippen MR) is 66.3 cm³/mol. The number of non-ortho nitro benzene ring substituents is 1. The Bertz CT molecular complexity index is 406. The second kappa shape index (κ2) is 7.15. The van der Waals surface area contributed by atoms with Gasteiger partial charge in [0.05, 0.1) is 23.2 Å². The molecule has 0 bridgehead atoms. The normalized spacial score (nSPS) is 10.7. The summed E-state index contributed by atoms with van der Waals surface area (Å²) in [5, 5.41) is 10.7. The molecular formula is C11H14ClNO5. The fraction of sp³-hybridized carbons (Fsp3) is 0.455. The molecule has 0 radical (unpaired) electrons. The van der Waals surface area contributed by atoms with E-state index in [1.54, 1.807) is 14.2 Å². The van der Waals surface area contributed by atoms with Gasteiger partial charge in [0.15, 0.2) is 0 Å². The molecule has 0 saturated carbocycles. The molecule has 0 aromatic heterocycles. The summed E-state index contributed by atoms with van der Waals surface area (Å²) in [5.41, 5.74) is -0.0811. The quantitative estimate of drug-likeness (QED) is 0.564. The summed E-state index contributed by atoms with van der Waals surface area (Å²) in [5.74, 6) is 0.362. The minimum Gasteiger partial charge on any atom is -0.484 e. The van der Waals surface area contributed by atoms with Crippen molar-refractivity contribution in [1.82, 2.24) is 0 Å². The second-order valence-electron chi connectivity index (χ2n) is 3.52. The van der Waals surface area contributed by atoms with Crippen LogP contribution in [0.4, 0.5) is 5.69 Å². The Morgan fingerprint density at radius 1 is 1.33 bits per heavy atom. The molecule has 0 saturated heterocycles. The van der Waals surface area contributed by atoms with E-state index >= 15 is 0 Å². The fourth-order valence-corrected chi connectivity index (χ4v) is 1.59. The summed E-state index contributed by atoms with van der Waals surface area (Å²) in [7, 11) is 3.09. The van der Waals surface area contributed by atoms with Crippen molar-refractivity contribution in [3.8, 4) is 5.75 Å². The topological polar surface area (TPSA) is 70.8 Å². The summed E-state index contributed by atoms with van der Waals surface area (Å²) in [6.45, 7) is 0.669. The number of methoxy groups -OCH3 is 2. The van der Waals surface area contributed by atoms with Gasteiger partial charge in [-0.3, -0.25) is 10.1 Å². The van der Waals surface area contributed by atoms with Gasteiger partial charge in [0.2, 0.25) is 0 Å². The number of rotatable bonds is 7. The highest BCUT2D eigenvalue weighted by Gasteiger charge is 2.15. The van der Waals surface area contributed by atoms with Crippen LogP contribution in [-0.4, -0.2) is 38.5 Å². The van der Waals surface area contributed by atoms with Crippen molar-refractivity contribution in [3.05, 3.63) is 33.3 Å². The lowest BCUT2D eigenvalue weighted by molar-refractivity contribution is -0.384. The van der Waals surface area contributed by atoms with Crippen LogP contribution in [0, 0.1) is 10.1 Å². The van der Waals surface area contributed by atoms with Crippen molar-refractivity contribution in [2.24, 2.45) is 0 Å². The van der Waals surface area contributed by atoms with Crippen molar-refractivity contribution in [2.45, 2.75) is 6.10 Å². The summed E-state index contributed by atoms with van der Waals surface area (Å²) in [6.07, 6.45) is -0.320. The molecule has 0 atom stereocenters. The molecule has 0 N–H and O–H groups in total. The zero-order valence-corrected chi connectivity index (χ0v) is 10.8. The van der Waals surface area contributed by atoms with Gasteiger partial charge in [-0.05, 0) is 6.07 Å². The molecule has 1 rings (SSSR count). The first-order chi connectivity index (χ1) is 8.58. The lowest BCUT2D eigenvalue weighted by atomic mass is 10.3. The van der Waals surface area contributed by atoms with E-state index in [4.69, 9.17) is 25.8 Å². The molecule has 1 aromatic carbocycles. The van der Waals surface area contributed by atoms with Crippen LogP contribution in [0.25, 0.3) is 0 Å². The highest BCUT2D eigenvalue weighted by Crippen LogP contribution is 2.29. The molecule has 0 aliphatic carbocycles. The first-order valence-corrected chi connectivity index (χ1v) is 5.54. The van der Waals surface area contributed by atoms with Crippen molar-refractivity contribution >= 4 is 17.3 Å². The first-order valence-electron chi connectivity index (χ1n) is 5.17. The molecule has 0 aliphatic heterocycles. The number of ether oxygens (including phenoxy) is 3. The summed E-state index contributed by atoms with van der Waals surface area (Å²) in [4.78, 5) is 10.0. The maximum Gasteiger partial charge on any atom is 0.271 e. The smallest absolute Gasteiger partial charge is 0.271 e. The van der Waals surface area contributed by atoms with Gasteiger partial charge >= 0.3 is 0 Å². The Kier molecular flexibility index (Phi) is 5.84. The molecule has 100 valence electrons. The van der Waals surface area contributed by atoms with E-state index in [0.717, 1.165) is 0 Å². The molecule has 0 amide bonds. The SMILES string of the molecule is COCC(COC)Oc1ccc([N+](=O)[O-])cc1Cl. The number of nitro benzene ring substituents is 1. The van der Waals surface area contributed by atoms with Gasteiger partial charge < -0.3 is 14.2 Å². The molecule has 18 heavy (non-hydrogen) atoms. The second-order valence-corrected chi connectivity index (χ2v) is 3.93. The van der Waals surface area contributed by atoms with E-state index in [1.807, 2.05) is 0 Å². The highest BCUT2D eigenvalue weighted by atomic mass is 35.5. The van der Waals surface area contributed by atoms with Gasteiger partial charge in [0.1, 0.15) is 11.9 Å². The van der Waals surface area contributed by atoms with Crippen molar-refractivity contribution in [3.63, 3.8) is 0 Å². The number of nitrogens with zero attached hydrogens (tertiary/aromatic N) is 1. The lowest BCUT2D eigenvalue weighted by Crippen LogP contribution is -2.27. The number of hydrogen-bond donors (Lipinski definition) is 0. The average Bonchev–Trinajstić information content (AvgIpc) is 2.32. The molecule has 0 heterocycles.